The maximum Gasteiger partial charge on any atom is 0.303 e. The fourth-order valence-corrected chi connectivity index (χ4v) is 1.26. The predicted molar refractivity (Wildman–Crippen MR) is 62.6 cm³/mol. The summed E-state index contributed by atoms with van der Waals surface area (Å²) in [6, 6.07) is 0. The average molecular weight is 258 g/mol. The summed E-state index contributed by atoms with van der Waals surface area (Å²) < 4.78 is 14.7. The number of rotatable bonds is 7. The Kier molecular flexibility index (Phi) is 7.42. The van der Waals surface area contributed by atoms with Gasteiger partial charge in [-0.25, -0.2) is 0 Å². The molecule has 6 nitrogen and oxygen atoms in total. The Balaban J connectivity index is 4.43. The van der Waals surface area contributed by atoms with Gasteiger partial charge in [-0.1, -0.05) is 12.7 Å². The molecule has 0 radical (unpaired) electrons. The van der Waals surface area contributed by atoms with Crippen LogP contribution < -0.4 is 0 Å². The first-order chi connectivity index (χ1) is 8.35. The van der Waals surface area contributed by atoms with E-state index in [2.05, 4.69) is 6.58 Å². The van der Waals surface area contributed by atoms with E-state index >= 15 is 0 Å². The zero-order chi connectivity index (χ0) is 14.1. The summed E-state index contributed by atoms with van der Waals surface area (Å²) in [5.41, 5.74) is 0. The van der Waals surface area contributed by atoms with Crippen LogP contribution in [0.1, 0.15) is 27.2 Å². The van der Waals surface area contributed by atoms with Crippen molar-refractivity contribution in [1.82, 2.24) is 0 Å². The Hall–Kier alpha value is -1.85. The third-order valence-corrected chi connectivity index (χ3v) is 1.88. The van der Waals surface area contributed by atoms with Crippen LogP contribution in [-0.4, -0.2) is 36.7 Å². The third kappa shape index (κ3) is 8.32. The first-order valence-electron chi connectivity index (χ1n) is 5.45. The topological polar surface area (TPSA) is 78.9 Å². The minimum atomic E-state index is -0.672. The molecule has 0 saturated heterocycles. The molecule has 0 fully saturated rings. The number of carbonyl (C=O) groups is 3. The molecule has 6 heteroatoms. The molecule has 0 spiro atoms. The lowest BCUT2D eigenvalue weighted by molar-refractivity contribution is -0.159. The number of hydrogen-bond acceptors (Lipinski definition) is 6. The summed E-state index contributed by atoms with van der Waals surface area (Å²) in [4.78, 5) is 32.4. The first kappa shape index (κ1) is 16.1. The van der Waals surface area contributed by atoms with E-state index in [0.29, 0.717) is 0 Å². The molecule has 0 unspecified atom stereocenters. The van der Waals surface area contributed by atoms with Crippen molar-refractivity contribution in [2.24, 2.45) is 0 Å². The molecule has 0 aliphatic carbocycles. The largest absolute Gasteiger partial charge is 0.462 e. The van der Waals surface area contributed by atoms with E-state index in [0.717, 1.165) is 0 Å². The second-order valence-corrected chi connectivity index (χ2v) is 3.65. The zero-order valence-corrected chi connectivity index (χ0v) is 10.8. The van der Waals surface area contributed by atoms with Crippen LogP contribution in [0.15, 0.2) is 12.7 Å². The molecule has 0 aromatic heterocycles. The van der Waals surface area contributed by atoms with Crippen molar-refractivity contribution in [1.29, 1.82) is 0 Å². The Bertz CT molecular complexity index is 323. The third-order valence-electron chi connectivity index (χ3n) is 1.88. The van der Waals surface area contributed by atoms with Crippen molar-refractivity contribution in [2.75, 3.05) is 6.61 Å². The van der Waals surface area contributed by atoms with Crippen molar-refractivity contribution in [2.45, 2.75) is 39.4 Å². The summed E-state index contributed by atoms with van der Waals surface area (Å²) in [6.07, 6.45) is 0.345. The van der Waals surface area contributed by atoms with Gasteiger partial charge in [0.2, 0.25) is 0 Å². The van der Waals surface area contributed by atoms with Gasteiger partial charge in [-0.15, -0.1) is 0 Å². The van der Waals surface area contributed by atoms with Gasteiger partial charge in [0.25, 0.3) is 0 Å². The van der Waals surface area contributed by atoms with Crippen LogP contribution in [0.2, 0.25) is 0 Å². The molecular weight excluding hydrogens is 240 g/mol. The van der Waals surface area contributed by atoms with Gasteiger partial charge in [-0.05, 0) is 0 Å². The maximum absolute atomic E-state index is 10.9. The van der Waals surface area contributed by atoms with Crippen LogP contribution in [0.25, 0.3) is 0 Å². The molecule has 18 heavy (non-hydrogen) atoms. The van der Waals surface area contributed by atoms with Gasteiger partial charge in [0.1, 0.15) is 18.8 Å². The van der Waals surface area contributed by atoms with Gasteiger partial charge in [0.05, 0.1) is 0 Å². The highest BCUT2D eigenvalue weighted by Gasteiger charge is 2.20. The first-order valence-corrected chi connectivity index (χ1v) is 5.45. The SMILES string of the molecule is C=C[C@H](C[C@@H](COC(C)=O)OC(C)=O)OC(C)=O. The molecule has 0 rings (SSSR count). The van der Waals surface area contributed by atoms with Crippen molar-refractivity contribution in [3.05, 3.63) is 12.7 Å². The zero-order valence-electron chi connectivity index (χ0n) is 10.8. The molecular formula is C12H18O6. The summed E-state index contributed by atoms with van der Waals surface area (Å²) in [6.45, 7) is 7.20. The fourth-order valence-electron chi connectivity index (χ4n) is 1.26. The lowest BCUT2D eigenvalue weighted by atomic mass is 10.1. The van der Waals surface area contributed by atoms with Crippen molar-refractivity contribution >= 4 is 17.9 Å². The number of hydrogen-bond donors (Lipinski definition) is 0. The molecule has 0 aromatic rings. The lowest BCUT2D eigenvalue weighted by Gasteiger charge is -2.20. The van der Waals surface area contributed by atoms with E-state index in [4.69, 9.17) is 14.2 Å². The summed E-state index contributed by atoms with van der Waals surface area (Å²) in [7, 11) is 0. The molecule has 0 amide bonds. The molecule has 0 bridgehead atoms. The lowest BCUT2D eigenvalue weighted by Crippen LogP contribution is -2.29. The standard InChI is InChI=1S/C12H18O6/c1-5-11(17-9(3)14)6-12(18-10(4)15)7-16-8(2)13/h5,11-12H,1,6-7H2,2-4H3/t11-,12+/m1/s1. The van der Waals surface area contributed by atoms with Crippen LogP contribution in [0.3, 0.4) is 0 Å². The summed E-state index contributed by atoms with van der Waals surface area (Å²) >= 11 is 0. The molecule has 2 atom stereocenters. The van der Waals surface area contributed by atoms with E-state index in [1.54, 1.807) is 0 Å². The Morgan fingerprint density at radius 3 is 2.00 bits per heavy atom. The maximum atomic E-state index is 10.9. The van der Waals surface area contributed by atoms with E-state index < -0.39 is 30.1 Å². The van der Waals surface area contributed by atoms with Crippen LogP contribution >= 0.6 is 0 Å². The molecule has 102 valence electrons. The Morgan fingerprint density at radius 2 is 1.61 bits per heavy atom. The fraction of sp³-hybridized carbons (Fsp3) is 0.583. The average Bonchev–Trinajstić information content (AvgIpc) is 2.23. The quantitative estimate of drug-likeness (QED) is 0.385. The van der Waals surface area contributed by atoms with E-state index in [1.165, 1.54) is 26.8 Å². The highest BCUT2D eigenvalue weighted by atomic mass is 16.6. The summed E-state index contributed by atoms with van der Waals surface area (Å²) in [5.74, 6) is -1.44. The monoisotopic (exact) mass is 258 g/mol. The molecule has 0 saturated carbocycles. The van der Waals surface area contributed by atoms with Crippen LogP contribution in [0.5, 0.6) is 0 Å². The van der Waals surface area contributed by atoms with Crippen molar-refractivity contribution in [3.8, 4) is 0 Å². The summed E-state index contributed by atoms with van der Waals surface area (Å²) in [5, 5.41) is 0. The van der Waals surface area contributed by atoms with E-state index in [1.807, 2.05) is 0 Å². The minimum absolute atomic E-state index is 0.0828. The predicted octanol–water partition coefficient (Wildman–Crippen LogP) is 0.989. The van der Waals surface area contributed by atoms with Crippen molar-refractivity contribution < 1.29 is 28.6 Å². The smallest absolute Gasteiger partial charge is 0.303 e. The van der Waals surface area contributed by atoms with Crippen LogP contribution in [0, 0.1) is 0 Å². The number of carbonyl (C=O) groups excluding carboxylic acids is 3. The van der Waals surface area contributed by atoms with E-state index in [9.17, 15) is 14.4 Å². The highest BCUT2D eigenvalue weighted by molar-refractivity contribution is 5.67. The normalized spacial score (nSPS) is 13.1. The number of ether oxygens (including phenoxy) is 3. The van der Waals surface area contributed by atoms with Gasteiger partial charge in [-0.2, -0.15) is 0 Å². The van der Waals surface area contributed by atoms with Gasteiger partial charge in [-0.3, -0.25) is 14.4 Å². The Labute approximate surface area is 106 Å². The van der Waals surface area contributed by atoms with Crippen LogP contribution in [0.4, 0.5) is 0 Å². The minimum Gasteiger partial charge on any atom is -0.462 e. The Morgan fingerprint density at radius 1 is 1.06 bits per heavy atom. The second-order valence-electron chi connectivity index (χ2n) is 3.65. The van der Waals surface area contributed by atoms with E-state index in [-0.39, 0.29) is 13.0 Å². The van der Waals surface area contributed by atoms with Crippen LogP contribution in [-0.2, 0) is 28.6 Å². The molecule has 0 N–H and O–H groups in total. The van der Waals surface area contributed by atoms with Crippen molar-refractivity contribution in [3.63, 3.8) is 0 Å². The number of esters is 3. The molecule has 0 aliphatic rings. The highest BCUT2D eigenvalue weighted by Crippen LogP contribution is 2.09. The molecule has 0 aromatic carbocycles. The molecule has 0 aliphatic heterocycles. The second kappa shape index (κ2) is 8.27. The van der Waals surface area contributed by atoms with Gasteiger partial charge >= 0.3 is 17.9 Å². The van der Waals surface area contributed by atoms with Gasteiger partial charge in [0, 0.05) is 27.2 Å². The van der Waals surface area contributed by atoms with Gasteiger partial charge < -0.3 is 14.2 Å². The van der Waals surface area contributed by atoms with Gasteiger partial charge in [0.15, 0.2) is 0 Å². The molecule has 0 heterocycles.